The largest absolute Gasteiger partial charge is 0.480 e. The number of rotatable bonds is 13. The second-order valence-electron chi connectivity index (χ2n) is 7.92. The molecule has 0 saturated heterocycles. The number of carbonyl (C=O) groups excluding carboxylic acids is 3. The highest BCUT2D eigenvalue weighted by molar-refractivity contribution is 5.94. The lowest BCUT2D eigenvalue weighted by Gasteiger charge is -2.26. The maximum Gasteiger partial charge on any atom is 0.326 e. The van der Waals surface area contributed by atoms with Crippen molar-refractivity contribution in [3.8, 4) is 0 Å². The Morgan fingerprint density at radius 1 is 0.793 bits per heavy atom. The minimum atomic E-state index is -1.15. The van der Waals surface area contributed by atoms with Crippen molar-refractivity contribution in [3.05, 3.63) is 0 Å². The summed E-state index contributed by atoms with van der Waals surface area (Å²) in [6.45, 7) is 8.82. The van der Waals surface area contributed by atoms with Crippen molar-refractivity contribution in [1.82, 2.24) is 16.0 Å². The SMILES string of the molecule is CC(C)[C@H](NC(=O)[C@H](C)NC(=O)[C@@H](NC(=O)[C@@H](N)CCCCN)C(C)C)C(=O)O. The predicted molar refractivity (Wildman–Crippen MR) is 110 cm³/mol. The molecule has 4 atom stereocenters. The number of nitrogens with two attached hydrogens (primary N) is 2. The van der Waals surface area contributed by atoms with Gasteiger partial charge in [0.1, 0.15) is 18.1 Å². The highest BCUT2D eigenvalue weighted by Gasteiger charge is 2.30. The van der Waals surface area contributed by atoms with E-state index in [2.05, 4.69) is 16.0 Å². The Hall–Kier alpha value is -2.20. The molecule has 0 unspecified atom stereocenters. The number of unbranched alkanes of at least 4 members (excludes halogenated alkanes) is 1. The van der Waals surface area contributed by atoms with Crippen LogP contribution < -0.4 is 27.4 Å². The Bertz CT molecular complexity index is 567. The molecular weight excluding hydrogens is 378 g/mol. The molecule has 0 saturated carbocycles. The minimum Gasteiger partial charge on any atom is -0.480 e. The van der Waals surface area contributed by atoms with E-state index in [4.69, 9.17) is 11.5 Å². The monoisotopic (exact) mass is 415 g/mol. The van der Waals surface area contributed by atoms with Crippen molar-refractivity contribution in [1.29, 1.82) is 0 Å². The van der Waals surface area contributed by atoms with Crippen LogP contribution >= 0.6 is 0 Å². The van der Waals surface area contributed by atoms with E-state index in [9.17, 15) is 24.3 Å². The van der Waals surface area contributed by atoms with E-state index >= 15 is 0 Å². The van der Waals surface area contributed by atoms with Gasteiger partial charge in [0.05, 0.1) is 6.04 Å². The van der Waals surface area contributed by atoms with E-state index in [1.54, 1.807) is 27.7 Å². The summed E-state index contributed by atoms with van der Waals surface area (Å²) in [6, 6.07) is -3.66. The minimum absolute atomic E-state index is 0.243. The summed E-state index contributed by atoms with van der Waals surface area (Å²) in [5.41, 5.74) is 11.3. The molecule has 0 aromatic carbocycles. The van der Waals surface area contributed by atoms with Gasteiger partial charge in [-0.3, -0.25) is 14.4 Å². The number of hydrogen-bond donors (Lipinski definition) is 6. The van der Waals surface area contributed by atoms with Gasteiger partial charge in [-0.15, -0.1) is 0 Å². The van der Waals surface area contributed by atoms with E-state index < -0.39 is 47.9 Å². The van der Waals surface area contributed by atoms with E-state index in [1.165, 1.54) is 6.92 Å². The quantitative estimate of drug-likeness (QED) is 0.216. The van der Waals surface area contributed by atoms with Gasteiger partial charge in [-0.05, 0) is 38.1 Å². The van der Waals surface area contributed by atoms with Crippen LogP contribution in [0.5, 0.6) is 0 Å². The molecule has 0 radical (unpaired) electrons. The lowest BCUT2D eigenvalue weighted by Crippen LogP contribution is -2.58. The van der Waals surface area contributed by atoms with Gasteiger partial charge in [0, 0.05) is 0 Å². The Morgan fingerprint density at radius 2 is 1.31 bits per heavy atom. The van der Waals surface area contributed by atoms with Crippen LogP contribution in [0.4, 0.5) is 0 Å². The third kappa shape index (κ3) is 9.71. The van der Waals surface area contributed by atoms with Crippen LogP contribution in [0.2, 0.25) is 0 Å². The van der Waals surface area contributed by atoms with E-state index in [1.807, 2.05) is 0 Å². The predicted octanol–water partition coefficient (Wildman–Crippen LogP) is -0.686. The molecule has 10 heteroatoms. The Labute approximate surface area is 172 Å². The molecule has 0 heterocycles. The van der Waals surface area contributed by atoms with Crippen LogP contribution in [0.3, 0.4) is 0 Å². The summed E-state index contributed by atoms with van der Waals surface area (Å²) in [4.78, 5) is 48.4. The Balaban J connectivity index is 4.90. The first-order valence-corrected chi connectivity index (χ1v) is 10.0. The molecule has 0 aliphatic rings. The standard InChI is InChI=1S/C19H37N5O5/c1-10(2)14(23-17(26)13(21)8-6-7-9-20)18(27)22-12(5)16(25)24-15(11(3)4)19(28)29/h10-15H,6-9,20-21H2,1-5H3,(H,22,27)(H,23,26)(H,24,25)(H,28,29)/t12-,13-,14-,15-/m0/s1. The zero-order valence-electron chi connectivity index (χ0n) is 18.0. The lowest BCUT2D eigenvalue weighted by atomic mass is 10.0. The van der Waals surface area contributed by atoms with Gasteiger partial charge in [0.15, 0.2) is 0 Å². The molecule has 29 heavy (non-hydrogen) atoms. The van der Waals surface area contributed by atoms with Crippen molar-refractivity contribution in [2.45, 2.75) is 78.0 Å². The molecule has 0 aliphatic heterocycles. The maximum atomic E-state index is 12.6. The van der Waals surface area contributed by atoms with E-state index in [0.29, 0.717) is 19.4 Å². The molecule has 3 amide bonds. The second-order valence-corrected chi connectivity index (χ2v) is 7.92. The molecule has 8 N–H and O–H groups in total. The van der Waals surface area contributed by atoms with Crippen molar-refractivity contribution in [2.75, 3.05) is 6.54 Å². The number of carbonyl (C=O) groups is 4. The van der Waals surface area contributed by atoms with Crippen molar-refractivity contribution < 1.29 is 24.3 Å². The zero-order chi connectivity index (χ0) is 22.7. The fourth-order valence-corrected chi connectivity index (χ4v) is 2.60. The fraction of sp³-hybridized carbons (Fsp3) is 0.789. The number of hydrogen-bond acceptors (Lipinski definition) is 6. The molecule has 0 aromatic heterocycles. The first kappa shape index (κ1) is 26.8. The normalized spacial score (nSPS) is 15.3. The molecule has 0 rings (SSSR count). The average molecular weight is 416 g/mol. The van der Waals surface area contributed by atoms with Crippen LogP contribution in [0.1, 0.15) is 53.9 Å². The summed E-state index contributed by atoms with van der Waals surface area (Å²) in [5, 5.41) is 16.7. The van der Waals surface area contributed by atoms with Crippen molar-refractivity contribution in [3.63, 3.8) is 0 Å². The second kappa shape index (κ2) is 13.1. The van der Waals surface area contributed by atoms with Crippen LogP contribution in [0, 0.1) is 11.8 Å². The third-order valence-corrected chi connectivity index (χ3v) is 4.54. The summed E-state index contributed by atoms with van der Waals surface area (Å²) < 4.78 is 0. The molecular formula is C19H37N5O5. The molecule has 0 aromatic rings. The van der Waals surface area contributed by atoms with Gasteiger partial charge in [0.25, 0.3) is 0 Å². The average Bonchev–Trinajstić information content (AvgIpc) is 2.62. The van der Waals surface area contributed by atoms with E-state index in [0.717, 1.165) is 6.42 Å². The summed E-state index contributed by atoms with van der Waals surface area (Å²) >= 11 is 0. The van der Waals surface area contributed by atoms with Gasteiger partial charge in [-0.25, -0.2) is 4.79 Å². The Kier molecular flexibility index (Phi) is 12.1. The van der Waals surface area contributed by atoms with Crippen molar-refractivity contribution in [2.24, 2.45) is 23.3 Å². The van der Waals surface area contributed by atoms with Gasteiger partial charge in [0.2, 0.25) is 17.7 Å². The van der Waals surface area contributed by atoms with Crippen LogP contribution in [0.25, 0.3) is 0 Å². The molecule has 168 valence electrons. The summed E-state index contributed by atoms with van der Waals surface area (Å²) in [6.07, 6.45) is 1.93. The van der Waals surface area contributed by atoms with Crippen molar-refractivity contribution >= 4 is 23.7 Å². The van der Waals surface area contributed by atoms with Gasteiger partial charge in [-0.1, -0.05) is 34.1 Å². The number of nitrogens with one attached hydrogen (secondary N) is 3. The summed E-state index contributed by atoms with van der Waals surface area (Å²) in [5.74, 6) is -3.31. The van der Waals surface area contributed by atoms with Crippen LogP contribution in [-0.2, 0) is 19.2 Å². The first-order valence-electron chi connectivity index (χ1n) is 10.0. The molecule has 10 nitrogen and oxygen atoms in total. The van der Waals surface area contributed by atoms with Crippen LogP contribution in [0.15, 0.2) is 0 Å². The molecule has 0 aliphatic carbocycles. The summed E-state index contributed by atoms with van der Waals surface area (Å²) in [7, 11) is 0. The number of carboxylic acids is 1. The zero-order valence-corrected chi connectivity index (χ0v) is 18.0. The topological polar surface area (TPSA) is 177 Å². The van der Waals surface area contributed by atoms with Gasteiger partial charge < -0.3 is 32.5 Å². The van der Waals surface area contributed by atoms with Gasteiger partial charge in [-0.2, -0.15) is 0 Å². The third-order valence-electron chi connectivity index (χ3n) is 4.54. The van der Waals surface area contributed by atoms with Crippen LogP contribution in [-0.4, -0.2) is 59.5 Å². The number of carboxylic acid groups (broad SMARTS) is 1. The van der Waals surface area contributed by atoms with E-state index in [-0.39, 0.29) is 11.8 Å². The first-order chi connectivity index (χ1) is 13.4. The molecule has 0 fully saturated rings. The highest BCUT2D eigenvalue weighted by Crippen LogP contribution is 2.06. The smallest absolute Gasteiger partial charge is 0.326 e. The Morgan fingerprint density at radius 3 is 1.76 bits per heavy atom. The van der Waals surface area contributed by atoms with Gasteiger partial charge >= 0.3 is 5.97 Å². The number of aliphatic carboxylic acids is 1. The molecule has 0 spiro atoms. The highest BCUT2D eigenvalue weighted by atomic mass is 16.4. The maximum absolute atomic E-state index is 12.6. The lowest BCUT2D eigenvalue weighted by molar-refractivity contribution is -0.143. The molecule has 0 bridgehead atoms. The fourth-order valence-electron chi connectivity index (χ4n) is 2.60. The number of amides is 3.